The molecular formula is C28H31ClN4O2. The lowest BCUT2D eigenvalue weighted by Crippen LogP contribution is -2.34. The summed E-state index contributed by atoms with van der Waals surface area (Å²) in [4.78, 5) is 29.9. The lowest BCUT2D eigenvalue weighted by Gasteiger charge is -2.13. The Morgan fingerprint density at radius 1 is 1.03 bits per heavy atom. The summed E-state index contributed by atoms with van der Waals surface area (Å²) < 4.78 is 0. The quantitative estimate of drug-likeness (QED) is 0.392. The molecule has 0 saturated carbocycles. The number of nitrogens with zero attached hydrogens (tertiary/aromatic N) is 1. The van der Waals surface area contributed by atoms with E-state index in [9.17, 15) is 9.59 Å². The largest absolute Gasteiger partial charge is 0.336 e. The first-order valence-corrected chi connectivity index (χ1v) is 12.2. The van der Waals surface area contributed by atoms with E-state index in [-0.39, 0.29) is 18.0 Å². The van der Waals surface area contributed by atoms with Crippen LogP contribution in [0.25, 0.3) is 0 Å². The van der Waals surface area contributed by atoms with Gasteiger partial charge in [0.1, 0.15) is 6.04 Å². The van der Waals surface area contributed by atoms with Crippen LogP contribution in [0.2, 0.25) is 5.02 Å². The van der Waals surface area contributed by atoms with Gasteiger partial charge in [-0.25, -0.2) is 4.79 Å². The lowest BCUT2D eigenvalue weighted by molar-refractivity contribution is -0.117. The van der Waals surface area contributed by atoms with Gasteiger partial charge in [0.2, 0.25) is 5.91 Å². The summed E-state index contributed by atoms with van der Waals surface area (Å²) in [6.07, 6.45) is 0.479. The second kappa shape index (κ2) is 12.2. The minimum atomic E-state index is -0.594. The van der Waals surface area contributed by atoms with E-state index in [0.29, 0.717) is 28.5 Å². The molecule has 1 unspecified atom stereocenters. The van der Waals surface area contributed by atoms with Gasteiger partial charge in [-0.1, -0.05) is 67.9 Å². The van der Waals surface area contributed by atoms with Crippen molar-refractivity contribution in [2.45, 2.75) is 46.2 Å². The van der Waals surface area contributed by atoms with Crippen LogP contribution in [0.5, 0.6) is 0 Å². The maximum Gasteiger partial charge on any atom is 0.319 e. The van der Waals surface area contributed by atoms with E-state index in [1.807, 2.05) is 88.4 Å². The number of carbonyl (C=O) groups is 2. The molecule has 0 fully saturated rings. The lowest BCUT2D eigenvalue weighted by atomic mass is 10.00. The van der Waals surface area contributed by atoms with Gasteiger partial charge in [0.15, 0.2) is 0 Å². The minimum absolute atomic E-state index is 0.0393. The van der Waals surface area contributed by atoms with E-state index in [2.05, 4.69) is 16.0 Å². The van der Waals surface area contributed by atoms with Crippen molar-refractivity contribution in [2.75, 3.05) is 10.6 Å². The molecule has 0 aliphatic carbocycles. The SMILES string of the molecule is CC.CC(C)NC(=O)Nc1ccc(C2=NC(Cc3ccccc3)C(=O)Nc3ccc(Cl)cc32)cc1. The summed E-state index contributed by atoms with van der Waals surface area (Å²) in [6, 6.07) is 21.7. The van der Waals surface area contributed by atoms with Gasteiger partial charge in [-0.3, -0.25) is 9.79 Å². The molecule has 1 heterocycles. The van der Waals surface area contributed by atoms with Crippen LogP contribution in [-0.2, 0) is 11.2 Å². The number of rotatable bonds is 5. The topological polar surface area (TPSA) is 82.6 Å². The van der Waals surface area contributed by atoms with Gasteiger partial charge in [0, 0.05) is 34.3 Å². The zero-order valence-corrected chi connectivity index (χ0v) is 21.2. The molecule has 1 aliphatic rings. The number of nitrogens with one attached hydrogen (secondary N) is 3. The van der Waals surface area contributed by atoms with Gasteiger partial charge in [0.25, 0.3) is 0 Å². The molecule has 182 valence electrons. The van der Waals surface area contributed by atoms with Crippen LogP contribution in [-0.4, -0.2) is 29.7 Å². The smallest absolute Gasteiger partial charge is 0.319 e. The normalized spacial score (nSPS) is 14.5. The fraction of sp³-hybridized carbons (Fsp3) is 0.250. The van der Waals surface area contributed by atoms with Crippen LogP contribution in [0.3, 0.4) is 0 Å². The molecule has 0 spiro atoms. The summed E-state index contributed by atoms with van der Waals surface area (Å²) in [6.45, 7) is 7.80. The van der Waals surface area contributed by atoms with Crippen molar-refractivity contribution in [1.82, 2.24) is 5.32 Å². The number of halogens is 1. The van der Waals surface area contributed by atoms with Gasteiger partial charge in [-0.2, -0.15) is 0 Å². The average molecular weight is 491 g/mol. The summed E-state index contributed by atoms with van der Waals surface area (Å²) >= 11 is 6.29. The van der Waals surface area contributed by atoms with Crippen molar-refractivity contribution in [2.24, 2.45) is 4.99 Å². The number of anilines is 2. The Hall–Kier alpha value is -3.64. The number of fused-ring (bicyclic) bond motifs is 1. The fourth-order valence-corrected chi connectivity index (χ4v) is 3.84. The highest BCUT2D eigenvalue weighted by atomic mass is 35.5. The highest BCUT2D eigenvalue weighted by Gasteiger charge is 2.26. The maximum atomic E-state index is 13.0. The molecule has 3 aromatic carbocycles. The standard InChI is InChI=1S/C26H25ClN4O2.C2H6/c1-16(2)28-26(33)29-20-11-8-18(9-12-20)24-21-15-19(27)10-13-22(21)31-25(32)23(30-24)14-17-6-4-3-5-7-17;1-2/h3-13,15-16,23H,14H2,1-2H3,(H,31,32)(H2,28,29,33);1-2H3. The number of benzodiazepines with no additional fused rings is 1. The molecule has 7 heteroatoms. The van der Waals surface area contributed by atoms with E-state index in [1.54, 1.807) is 12.1 Å². The highest BCUT2D eigenvalue weighted by molar-refractivity contribution is 6.32. The summed E-state index contributed by atoms with van der Waals surface area (Å²) in [5.41, 5.74) is 4.60. The van der Waals surface area contributed by atoms with Crippen molar-refractivity contribution in [3.8, 4) is 0 Å². The molecule has 4 rings (SSSR count). The first kappa shape index (κ1) is 26.0. The predicted octanol–water partition coefficient (Wildman–Crippen LogP) is 6.30. The van der Waals surface area contributed by atoms with Crippen molar-refractivity contribution >= 4 is 40.6 Å². The zero-order valence-electron chi connectivity index (χ0n) is 20.4. The molecule has 3 amide bonds. The molecular weight excluding hydrogens is 460 g/mol. The summed E-state index contributed by atoms with van der Waals surface area (Å²) in [5, 5.41) is 9.17. The van der Waals surface area contributed by atoms with E-state index in [4.69, 9.17) is 16.6 Å². The number of aliphatic imine (C=N–C) groups is 1. The van der Waals surface area contributed by atoms with Crippen LogP contribution in [0.4, 0.5) is 16.2 Å². The number of carbonyl (C=O) groups excluding carboxylic acids is 2. The third kappa shape index (κ3) is 6.93. The fourth-order valence-electron chi connectivity index (χ4n) is 3.67. The second-order valence-electron chi connectivity index (χ2n) is 8.19. The van der Waals surface area contributed by atoms with Gasteiger partial charge < -0.3 is 16.0 Å². The number of amides is 3. The molecule has 1 aliphatic heterocycles. The van der Waals surface area contributed by atoms with Gasteiger partial charge >= 0.3 is 6.03 Å². The highest BCUT2D eigenvalue weighted by Crippen LogP contribution is 2.28. The molecule has 0 saturated heterocycles. The Morgan fingerprint density at radius 3 is 2.37 bits per heavy atom. The van der Waals surface area contributed by atoms with Crippen molar-refractivity contribution in [3.63, 3.8) is 0 Å². The van der Waals surface area contributed by atoms with Gasteiger partial charge in [0.05, 0.1) is 11.4 Å². The van der Waals surface area contributed by atoms with Crippen molar-refractivity contribution in [3.05, 3.63) is 94.5 Å². The molecule has 1 atom stereocenters. The summed E-state index contributed by atoms with van der Waals surface area (Å²) in [5.74, 6) is -0.166. The Balaban J connectivity index is 0.00000167. The van der Waals surface area contributed by atoms with Crippen LogP contribution in [0, 0.1) is 0 Å². The molecule has 35 heavy (non-hydrogen) atoms. The third-order valence-corrected chi connectivity index (χ3v) is 5.43. The van der Waals surface area contributed by atoms with Crippen molar-refractivity contribution in [1.29, 1.82) is 0 Å². The molecule has 6 nitrogen and oxygen atoms in total. The molecule has 3 aromatic rings. The number of hydrogen-bond donors (Lipinski definition) is 3. The molecule has 0 aromatic heterocycles. The molecule has 0 radical (unpaired) electrons. The first-order valence-electron chi connectivity index (χ1n) is 11.8. The average Bonchev–Trinajstić information content (AvgIpc) is 2.97. The van der Waals surface area contributed by atoms with E-state index in [1.165, 1.54) is 0 Å². The van der Waals surface area contributed by atoms with Gasteiger partial charge in [-0.15, -0.1) is 0 Å². The number of benzene rings is 3. The Kier molecular flexibility index (Phi) is 9.04. The van der Waals surface area contributed by atoms with Gasteiger partial charge in [-0.05, 0) is 49.7 Å². The first-order chi connectivity index (χ1) is 16.9. The number of urea groups is 1. The second-order valence-corrected chi connectivity index (χ2v) is 8.63. The predicted molar refractivity (Wildman–Crippen MR) is 145 cm³/mol. The molecule has 0 bridgehead atoms. The van der Waals surface area contributed by atoms with Crippen LogP contribution in [0.15, 0.2) is 77.8 Å². The maximum absolute atomic E-state index is 13.0. The Labute approximate surface area is 211 Å². The van der Waals surface area contributed by atoms with E-state index >= 15 is 0 Å². The van der Waals surface area contributed by atoms with Crippen LogP contribution in [0.1, 0.15) is 44.4 Å². The van der Waals surface area contributed by atoms with E-state index in [0.717, 1.165) is 16.7 Å². The van der Waals surface area contributed by atoms with E-state index < -0.39 is 6.04 Å². The van der Waals surface area contributed by atoms with Crippen LogP contribution < -0.4 is 16.0 Å². The third-order valence-electron chi connectivity index (χ3n) is 5.19. The minimum Gasteiger partial charge on any atom is -0.336 e. The van der Waals surface area contributed by atoms with Crippen molar-refractivity contribution < 1.29 is 9.59 Å². The monoisotopic (exact) mass is 490 g/mol. The Morgan fingerprint density at radius 2 is 1.71 bits per heavy atom. The zero-order chi connectivity index (χ0) is 25.4. The Bertz CT molecular complexity index is 1190. The number of hydrogen-bond acceptors (Lipinski definition) is 3. The van der Waals surface area contributed by atoms with Crippen LogP contribution >= 0.6 is 11.6 Å². The molecule has 3 N–H and O–H groups in total. The summed E-state index contributed by atoms with van der Waals surface area (Å²) in [7, 11) is 0.